The highest BCUT2D eigenvalue weighted by Gasteiger charge is 2.34. The minimum atomic E-state index is -0.698. The maximum atomic E-state index is 12.6. The first kappa shape index (κ1) is 18.2. The summed E-state index contributed by atoms with van der Waals surface area (Å²) in [5.74, 6) is -0.510. The van der Waals surface area contributed by atoms with E-state index in [1.807, 2.05) is 13.8 Å². The van der Waals surface area contributed by atoms with E-state index >= 15 is 0 Å². The predicted octanol–water partition coefficient (Wildman–Crippen LogP) is 1.78. The second-order valence-electron chi connectivity index (χ2n) is 7.65. The number of aromatic nitrogens is 4. The molecule has 0 aromatic carbocycles. The van der Waals surface area contributed by atoms with Crippen LogP contribution < -0.4 is 16.6 Å². The van der Waals surface area contributed by atoms with E-state index < -0.39 is 17.2 Å². The largest absolute Gasteiger partial charge is 0.327 e. The molecule has 1 amide bonds. The van der Waals surface area contributed by atoms with Crippen LogP contribution in [0.2, 0.25) is 0 Å². The number of rotatable bonds is 2. The van der Waals surface area contributed by atoms with Crippen molar-refractivity contribution in [2.75, 3.05) is 5.32 Å². The Balaban J connectivity index is 1.68. The van der Waals surface area contributed by atoms with Gasteiger partial charge in [-0.05, 0) is 30.4 Å². The number of H-pyrrole nitrogens is 2. The molecule has 0 aliphatic heterocycles. The molecule has 0 saturated carbocycles. The highest BCUT2D eigenvalue weighted by molar-refractivity contribution is 7.17. The Morgan fingerprint density at radius 1 is 1.18 bits per heavy atom. The topological polar surface area (TPSA) is 138 Å². The number of thiazole rings is 1. The monoisotopic (exact) mass is 399 g/mol. The van der Waals surface area contributed by atoms with Gasteiger partial charge in [0.25, 0.3) is 11.5 Å². The number of amides is 1. The van der Waals surface area contributed by atoms with Crippen molar-refractivity contribution < 1.29 is 9.59 Å². The zero-order valence-electron chi connectivity index (χ0n) is 15.4. The van der Waals surface area contributed by atoms with Gasteiger partial charge >= 0.3 is 5.69 Å². The summed E-state index contributed by atoms with van der Waals surface area (Å²) in [6, 6.07) is 1.47. The zero-order valence-corrected chi connectivity index (χ0v) is 16.2. The quantitative estimate of drug-likeness (QED) is 0.601. The van der Waals surface area contributed by atoms with Crippen LogP contribution in [0.3, 0.4) is 0 Å². The van der Waals surface area contributed by atoms with Gasteiger partial charge < -0.3 is 0 Å². The van der Waals surface area contributed by atoms with E-state index in [0.29, 0.717) is 34.1 Å². The summed E-state index contributed by atoms with van der Waals surface area (Å²) in [6.07, 6.45) is 1.11. The van der Waals surface area contributed by atoms with Crippen LogP contribution in [0.15, 0.2) is 15.7 Å². The number of Topliss-reactive ketones (excluding diaryl/α,β-unsaturated/α-hetero) is 1. The Morgan fingerprint density at radius 3 is 2.68 bits per heavy atom. The lowest BCUT2D eigenvalue weighted by atomic mass is 9.78. The van der Waals surface area contributed by atoms with E-state index in [4.69, 9.17) is 0 Å². The minimum Gasteiger partial charge on any atom is -0.296 e. The lowest BCUT2D eigenvalue weighted by molar-refractivity contribution is 0.0915. The summed E-state index contributed by atoms with van der Waals surface area (Å²) >= 11 is 1.15. The molecule has 0 saturated heterocycles. The summed E-state index contributed by atoms with van der Waals surface area (Å²) in [7, 11) is 0. The molecule has 3 heterocycles. The molecule has 0 unspecified atom stereocenters. The fourth-order valence-corrected chi connectivity index (χ4v) is 4.32. The summed E-state index contributed by atoms with van der Waals surface area (Å²) in [6.45, 7) is 5.67. The van der Waals surface area contributed by atoms with Crippen LogP contribution in [0.1, 0.15) is 51.7 Å². The van der Waals surface area contributed by atoms with Crippen molar-refractivity contribution in [3.8, 4) is 0 Å². The summed E-state index contributed by atoms with van der Waals surface area (Å²) < 4.78 is 0. The van der Waals surface area contributed by atoms with Crippen LogP contribution in [-0.4, -0.2) is 31.6 Å². The van der Waals surface area contributed by atoms with Crippen LogP contribution in [0, 0.1) is 12.3 Å². The van der Waals surface area contributed by atoms with E-state index in [1.165, 1.54) is 6.07 Å². The van der Waals surface area contributed by atoms with Crippen LogP contribution in [0.4, 0.5) is 5.13 Å². The second-order valence-corrected chi connectivity index (χ2v) is 8.65. The predicted molar refractivity (Wildman–Crippen MR) is 104 cm³/mol. The van der Waals surface area contributed by atoms with Crippen molar-refractivity contribution in [2.45, 2.75) is 33.6 Å². The third-order valence-corrected chi connectivity index (χ3v) is 5.65. The van der Waals surface area contributed by atoms with Crippen molar-refractivity contribution in [1.29, 1.82) is 0 Å². The molecule has 10 heteroatoms. The zero-order chi connectivity index (χ0) is 20.2. The van der Waals surface area contributed by atoms with Crippen LogP contribution in [0.25, 0.3) is 11.0 Å². The lowest BCUT2D eigenvalue weighted by Crippen LogP contribution is -2.26. The normalized spacial score (nSPS) is 15.5. The Bertz CT molecular complexity index is 1270. The molecule has 1 aliphatic carbocycles. The number of carbonyl (C=O) groups excluding carboxylic acids is 2. The van der Waals surface area contributed by atoms with Gasteiger partial charge in [-0.1, -0.05) is 25.2 Å². The van der Waals surface area contributed by atoms with Gasteiger partial charge in [-0.2, -0.15) is 0 Å². The second kappa shape index (κ2) is 6.20. The highest BCUT2D eigenvalue weighted by Crippen LogP contribution is 2.38. The lowest BCUT2D eigenvalue weighted by Gasteiger charge is -2.26. The third kappa shape index (κ3) is 3.15. The number of fused-ring (bicyclic) bond motifs is 2. The number of anilines is 1. The van der Waals surface area contributed by atoms with Crippen molar-refractivity contribution in [1.82, 2.24) is 19.9 Å². The maximum Gasteiger partial charge on any atom is 0.327 e. The van der Waals surface area contributed by atoms with Gasteiger partial charge in [-0.25, -0.2) is 14.8 Å². The molecule has 3 aromatic heterocycles. The number of nitrogens with one attached hydrogen (secondary N) is 3. The van der Waals surface area contributed by atoms with Gasteiger partial charge in [0, 0.05) is 6.42 Å². The van der Waals surface area contributed by atoms with Crippen LogP contribution in [0.5, 0.6) is 0 Å². The Morgan fingerprint density at radius 2 is 1.93 bits per heavy atom. The minimum absolute atomic E-state index is 0.0284. The molecular weight excluding hydrogens is 382 g/mol. The molecule has 0 atom stereocenters. The molecule has 3 N–H and O–H groups in total. The Kier molecular flexibility index (Phi) is 4.03. The third-order valence-electron chi connectivity index (χ3n) is 4.59. The molecule has 9 nitrogen and oxygen atoms in total. The number of hydrogen-bond donors (Lipinski definition) is 3. The average Bonchev–Trinajstić information content (AvgIpc) is 2.94. The maximum absolute atomic E-state index is 12.6. The van der Waals surface area contributed by atoms with Crippen LogP contribution in [-0.2, 0) is 6.42 Å². The van der Waals surface area contributed by atoms with E-state index in [2.05, 4.69) is 25.3 Å². The Hall–Kier alpha value is -3.14. The molecule has 0 radical (unpaired) electrons. The van der Waals surface area contributed by atoms with E-state index in [-0.39, 0.29) is 27.9 Å². The smallest absolute Gasteiger partial charge is 0.296 e. The molecule has 0 spiro atoms. The van der Waals surface area contributed by atoms with Gasteiger partial charge in [0.2, 0.25) is 0 Å². The number of nitrogens with zero attached hydrogens (tertiary/aromatic N) is 2. The molecule has 144 valence electrons. The fourth-order valence-electron chi connectivity index (χ4n) is 3.41. The molecular formula is C18H17N5O4S. The number of carbonyl (C=O) groups is 2. The number of hydrogen-bond acceptors (Lipinski definition) is 7. The SMILES string of the molecule is Cc1cc(C(=O)Nc2nc3c(s2)C(=O)CC(C)(C)C3)nc2[nH]c(=O)[nH]c(=O)c12. The fraction of sp³-hybridized carbons (Fsp3) is 0.333. The first-order valence-corrected chi connectivity index (χ1v) is 9.43. The van der Waals surface area contributed by atoms with Gasteiger partial charge in [-0.15, -0.1) is 0 Å². The van der Waals surface area contributed by atoms with Gasteiger partial charge in [0.1, 0.15) is 11.3 Å². The summed E-state index contributed by atoms with van der Waals surface area (Å²) in [5, 5.41) is 3.20. The number of pyridine rings is 1. The van der Waals surface area contributed by atoms with Crippen LogP contribution >= 0.6 is 11.3 Å². The first-order chi connectivity index (χ1) is 13.1. The van der Waals surface area contributed by atoms with Gasteiger partial charge in [-0.3, -0.25) is 29.7 Å². The highest BCUT2D eigenvalue weighted by atomic mass is 32.1. The van der Waals surface area contributed by atoms with Crippen molar-refractivity contribution >= 4 is 39.2 Å². The van der Waals surface area contributed by atoms with Crippen molar-refractivity contribution in [3.63, 3.8) is 0 Å². The summed E-state index contributed by atoms with van der Waals surface area (Å²) in [5.41, 5.74) is -0.154. The Labute approximate surface area is 162 Å². The number of ketones is 1. The molecule has 28 heavy (non-hydrogen) atoms. The molecule has 0 fully saturated rings. The summed E-state index contributed by atoms with van der Waals surface area (Å²) in [4.78, 5) is 62.0. The van der Waals surface area contributed by atoms with Crippen molar-refractivity contribution in [2.24, 2.45) is 5.41 Å². The molecule has 4 rings (SSSR count). The molecule has 0 bridgehead atoms. The number of aromatic amines is 2. The van der Waals surface area contributed by atoms with Gasteiger partial charge in [0.15, 0.2) is 10.9 Å². The molecule has 1 aliphatic rings. The standard InChI is InChI=1S/C18H17N5O4S/c1-7-4-8(19-13-11(7)15(26)22-16(27)21-13)14(25)23-17-20-9-5-18(2,3)6-10(24)12(9)28-17/h4H,5-6H2,1-3H3,(H,20,23,25)(H2,19,21,22,26,27). The number of aryl methyl sites for hydroxylation is 1. The molecule has 3 aromatic rings. The first-order valence-electron chi connectivity index (χ1n) is 8.61. The van der Waals surface area contributed by atoms with Crippen molar-refractivity contribution in [3.05, 3.63) is 48.7 Å². The average molecular weight is 399 g/mol. The van der Waals surface area contributed by atoms with E-state index in [9.17, 15) is 19.2 Å². The van der Waals surface area contributed by atoms with E-state index in [1.54, 1.807) is 6.92 Å². The van der Waals surface area contributed by atoms with Gasteiger partial charge in [0.05, 0.1) is 16.0 Å². The van der Waals surface area contributed by atoms with E-state index in [0.717, 1.165) is 11.3 Å².